The van der Waals surface area contributed by atoms with Crippen LogP contribution in [0.3, 0.4) is 0 Å². The number of rotatable bonds is 6. The highest BCUT2D eigenvalue weighted by Gasteiger charge is 2.23. The van der Waals surface area contributed by atoms with Crippen LogP contribution in [0.25, 0.3) is 0 Å². The molecule has 4 nitrogen and oxygen atoms in total. The molecule has 0 aromatic heterocycles. The average molecular weight is 287 g/mol. The minimum absolute atomic E-state index is 0.204. The van der Waals surface area contributed by atoms with Crippen LogP contribution in [0.4, 0.5) is 0 Å². The number of hydrogen-bond donors (Lipinski definition) is 1. The highest BCUT2D eigenvalue weighted by atomic mass is 32.2. The lowest BCUT2D eigenvalue weighted by molar-refractivity contribution is -0.130. The van der Waals surface area contributed by atoms with Gasteiger partial charge in [0.2, 0.25) is 5.91 Å². The number of carbonyl (C=O) groups is 1. The molecule has 19 heavy (non-hydrogen) atoms. The third kappa shape index (κ3) is 6.15. The molecular weight excluding hydrogens is 258 g/mol. The molecule has 0 aromatic carbocycles. The van der Waals surface area contributed by atoms with Gasteiger partial charge >= 0.3 is 0 Å². The molecule has 0 aliphatic carbocycles. The highest BCUT2D eigenvalue weighted by Crippen LogP contribution is 2.20. The number of hydrogen-bond acceptors (Lipinski definition) is 4. The fourth-order valence-corrected chi connectivity index (χ4v) is 2.32. The van der Waals surface area contributed by atoms with Crippen LogP contribution in [0.2, 0.25) is 0 Å². The van der Waals surface area contributed by atoms with Crippen molar-refractivity contribution >= 4 is 17.7 Å². The molecule has 112 valence electrons. The molecule has 1 rings (SSSR count). The molecule has 1 amide bonds. The Morgan fingerprint density at radius 2 is 1.95 bits per heavy atom. The van der Waals surface area contributed by atoms with Gasteiger partial charge in [-0.05, 0) is 32.9 Å². The minimum atomic E-state index is 0.204. The maximum Gasteiger partial charge on any atom is 0.236 e. The Balaban J connectivity index is 2.24. The van der Waals surface area contributed by atoms with Crippen molar-refractivity contribution in [3.05, 3.63) is 0 Å². The van der Waals surface area contributed by atoms with E-state index in [1.54, 1.807) is 4.90 Å². The number of piperidine rings is 1. The van der Waals surface area contributed by atoms with E-state index in [1.807, 2.05) is 25.9 Å². The quantitative estimate of drug-likeness (QED) is 0.798. The van der Waals surface area contributed by atoms with E-state index in [-0.39, 0.29) is 5.91 Å². The lowest BCUT2D eigenvalue weighted by Crippen LogP contribution is -2.48. The molecule has 0 atom stereocenters. The molecule has 1 fully saturated rings. The summed E-state index contributed by atoms with van der Waals surface area (Å²) in [5, 5.41) is 3.67. The summed E-state index contributed by atoms with van der Waals surface area (Å²) in [6.07, 6.45) is 4.45. The summed E-state index contributed by atoms with van der Waals surface area (Å²) >= 11 is 1.90. The van der Waals surface area contributed by atoms with Crippen molar-refractivity contribution in [2.45, 2.75) is 37.5 Å². The van der Waals surface area contributed by atoms with E-state index < -0.39 is 0 Å². The predicted octanol–water partition coefficient (Wildman–Crippen LogP) is 1.27. The molecule has 0 saturated carbocycles. The number of thioether (sulfide) groups is 1. The normalized spacial score (nSPS) is 18.6. The van der Waals surface area contributed by atoms with Gasteiger partial charge in [-0.1, -0.05) is 0 Å². The van der Waals surface area contributed by atoms with Crippen LogP contribution in [0.1, 0.15) is 26.7 Å². The van der Waals surface area contributed by atoms with Gasteiger partial charge in [0.1, 0.15) is 0 Å². The van der Waals surface area contributed by atoms with Crippen LogP contribution in [0.15, 0.2) is 0 Å². The Hall–Kier alpha value is -0.260. The number of nitrogens with zero attached hydrogens (tertiary/aromatic N) is 2. The van der Waals surface area contributed by atoms with Gasteiger partial charge in [-0.15, -0.1) is 0 Å². The summed E-state index contributed by atoms with van der Waals surface area (Å²) in [5.41, 5.74) is 0. The van der Waals surface area contributed by atoms with Gasteiger partial charge < -0.3 is 10.2 Å². The molecule has 0 bridgehead atoms. The molecule has 0 aromatic rings. The molecule has 1 aliphatic rings. The Morgan fingerprint density at radius 1 is 1.37 bits per heavy atom. The van der Waals surface area contributed by atoms with Gasteiger partial charge in [-0.25, -0.2) is 0 Å². The maximum absolute atomic E-state index is 11.7. The first-order valence-corrected chi connectivity index (χ1v) is 8.27. The first-order valence-electron chi connectivity index (χ1n) is 7.05. The summed E-state index contributed by atoms with van der Waals surface area (Å²) in [4.78, 5) is 15.6. The monoisotopic (exact) mass is 287 g/mol. The van der Waals surface area contributed by atoms with E-state index in [1.165, 1.54) is 0 Å². The van der Waals surface area contributed by atoms with Crippen molar-refractivity contribution in [3.8, 4) is 0 Å². The summed E-state index contributed by atoms with van der Waals surface area (Å²) in [7, 11) is 3.64. The Morgan fingerprint density at radius 3 is 2.42 bits per heavy atom. The lowest BCUT2D eigenvalue weighted by Gasteiger charge is -2.34. The van der Waals surface area contributed by atoms with Gasteiger partial charge in [-0.3, -0.25) is 9.69 Å². The second-order valence-electron chi connectivity index (χ2n) is 6.18. The second-order valence-corrected chi connectivity index (χ2v) is 7.70. The molecule has 1 saturated heterocycles. The summed E-state index contributed by atoms with van der Waals surface area (Å²) in [6.45, 7) is 8.21. The van der Waals surface area contributed by atoms with Crippen molar-refractivity contribution in [1.82, 2.24) is 15.1 Å². The zero-order valence-electron chi connectivity index (χ0n) is 13.0. The number of nitrogens with one attached hydrogen (secondary N) is 1. The predicted molar refractivity (Wildman–Crippen MR) is 83.8 cm³/mol. The van der Waals surface area contributed by atoms with Crippen molar-refractivity contribution < 1.29 is 4.79 Å². The first-order chi connectivity index (χ1) is 8.84. The summed E-state index contributed by atoms with van der Waals surface area (Å²) in [5.74, 6) is 0.204. The van der Waals surface area contributed by atoms with E-state index >= 15 is 0 Å². The Bertz CT molecular complexity index is 286. The minimum Gasteiger partial charge on any atom is -0.348 e. The van der Waals surface area contributed by atoms with E-state index in [0.717, 1.165) is 32.5 Å². The van der Waals surface area contributed by atoms with Crippen molar-refractivity contribution in [2.24, 2.45) is 0 Å². The molecule has 0 spiro atoms. The van der Waals surface area contributed by atoms with Gasteiger partial charge in [-0.2, -0.15) is 11.8 Å². The van der Waals surface area contributed by atoms with Crippen LogP contribution in [-0.4, -0.2) is 73.0 Å². The fourth-order valence-electron chi connectivity index (χ4n) is 2.09. The van der Waals surface area contributed by atoms with Gasteiger partial charge in [0.15, 0.2) is 0 Å². The molecule has 0 unspecified atom stereocenters. The zero-order chi connectivity index (χ0) is 14.5. The van der Waals surface area contributed by atoms with Gasteiger partial charge in [0.05, 0.1) is 6.54 Å². The van der Waals surface area contributed by atoms with E-state index in [2.05, 4.69) is 30.3 Å². The third-order valence-electron chi connectivity index (χ3n) is 3.81. The molecule has 1 aliphatic heterocycles. The van der Waals surface area contributed by atoms with Crippen LogP contribution in [-0.2, 0) is 4.79 Å². The SMILES string of the molecule is CSC(C)(C)CNC1CCN(CC(=O)N(C)C)CC1. The van der Waals surface area contributed by atoms with E-state index in [4.69, 9.17) is 0 Å². The second kappa shape index (κ2) is 7.50. The summed E-state index contributed by atoms with van der Waals surface area (Å²) < 4.78 is 0.304. The maximum atomic E-state index is 11.7. The van der Waals surface area contributed by atoms with Gasteiger partial charge in [0.25, 0.3) is 0 Å². The number of amides is 1. The number of likely N-dealkylation sites (N-methyl/N-ethyl adjacent to an activating group) is 1. The van der Waals surface area contributed by atoms with Crippen LogP contribution in [0.5, 0.6) is 0 Å². The largest absolute Gasteiger partial charge is 0.348 e. The smallest absolute Gasteiger partial charge is 0.236 e. The van der Waals surface area contributed by atoms with Crippen LogP contribution >= 0.6 is 11.8 Å². The van der Waals surface area contributed by atoms with E-state index in [9.17, 15) is 4.79 Å². The van der Waals surface area contributed by atoms with E-state index in [0.29, 0.717) is 17.3 Å². The van der Waals surface area contributed by atoms with Crippen molar-refractivity contribution in [3.63, 3.8) is 0 Å². The third-order valence-corrected chi connectivity index (χ3v) is 5.06. The topological polar surface area (TPSA) is 35.6 Å². The van der Waals surface area contributed by atoms with Gasteiger partial charge in [0, 0.05) is 44.5 Å². The Labute approximate surface area is 122 Å². The van der Waals surface area contributed by atoms with Crippen LogP contribution in [0, 0.1) is 0 Å². The zero-order valence-corrected chi connectivity index (χ0v) is 13.8. The molecule has 5 heteroatoms. The number of likely N-dealkylation sites (tertiary alicyclic amines) is 1. The standard InChI is InChI=1S/C14H29N3OS/c1-14(2,19-5)11-15-12-6-8-17(9-7-12)10-13(18)16(3)4/h12,15H,6-11H2,1-5H3. The van der Waals surface area contributed by atoms with Crippen molar-refractivity contribution in [2.75, 3.05) is 46.5 Å². The first kappa shape index (κ1) is 16.8. The molecular formula is C14H29N3OS. The van der Waals surface area contributed by atoms with Crippen LogP contribution < -0.4 is 5.32 Å². The summed E-state index contributed by atoms with van der Waals surface area (Å²) in [6, 6.07) is 0.608. The fraction of sp³-hybridized carbons (Fsp3) is 0.929. The molecule has 1 N–H and O–H groups in total. The number of carbonyl (C=O) groups excluding carboxylic acids is 1. The van der Waals surface area contributed by atoms with Crippen molar-refractivity contribution in [1.29, 1.82) is 0 Å². The lowest BCUT2D eigenvalue weighted by atomic mass is 10.0. The average Bonchev–Trinajstić information content (AvgIpc) is 2.38. The highest BCUT2D eigenvalue weighted by molar-refractivity contribution is 7.99. The Kier molecular flexibility index (Phi) is 6.63. The molecule has 1 heterocycles. The molecule has 0 radical (unpaired) electrons.